The topological polar surface area (TPSA) is 50.2 Å². The van der Waals surface area contributed by atoms with E-state index in [2.05, 4.69) is 4.98 Å². The molecule has 1 saturated carbocycles. The first-order valence-electron chi connectivity index (χ1n) is 6.50. The molecule has 3 nitrogen and oxygen atoms in total. The molecule has 1 unspecified atom stereocenters. The average molecular weight is 253 g/mol. The summed E-state index contributed by atoms with van der Waals surface area (Å²) in [6.45, 7) is 0. The molecule has 1 heterocycles. The van der Waals surface area contributed by atoms with Gasteiger partial charge in [-0.05, 0) is 48.2 Å². The van der Waals surface area contributed by atoms with Crippen LogP contribution in [0.25, 0.3) is 11.3 Å². The van der Waals surface area contributed by atoms with Crippen molar-refractivity contribution in [3.63, 3.8) is 0 Å². The molecule has 2 aromatic rings. The molecular weight excluding hydrogens is 238 g/mol. The third kappa shape index (κ3) is 2.36. The van der Waals surface area contributed by atoms with Gasteiger partial charge in [0.25, 0.3) is 0 Å². The summed E-state index contributed by atoms with van der Waals surface area (Å²) in [6.07, 6.45) is 3.83. The minimum absolute atomic E-state index is 0.205. The Morgan fingerprint density at radius 2 is 2.11 bits per heavy atom. The number of aromatic nitrogens is 1. The Labute approximate surface area is 111 Å². The van der Waals surface area contributed by atoms with Gasteiger partial charge in [-0.1, -0.05) is 6.07 Å². The summed E-state index contributed by atoms with van der Waals surface area (Å²) < 4.78 is 0. The van der Waals surface area contributed by atoms with E-state index in [1.54, 1.807) is 18.3 Å². The van der Waals surface area contributed by atoms with Crippen LogP contribution in [0.2, 0.25) is 0 Å². The van der Waals surface area contributed by atoms with Crippen LogP contribution in [0.15, 0.2) is 42.6 Å². The number of benzene rings is 1. The normalized spacial score (nSPS) is 18.7. The number of pyridine rings is 1. The zero-order valence-corrected chi connectivity index (χ0v) is 10.5. The number of carbonyl (C=O) groups is 1. The molecular formula is C16H15NO2. The molecule has 0 radical (unpaired) electrons. The number of carbonyl (C=O) groups excluding carboxylic acids is 1. The molecule has 0 saturated heterocycles. The van der Waals surface area contributed by atoms with Crippen LogP contribution in [-0.4, -0.2) is 15.9 Å². The van der Waals surface area contributed by atoms with E-state index in [1.165, 1.54) is 0 Å². The van der Waals surface area contributed by atoms with Gasteiger partial charge >= 0.3 is 0 Å². The largest absolute Gasteiger partial charge is 0.508 e. The van der Waals surface area contributed by atoms with E-state index in [-0.39, 0.29) is 11.7 Å². The van der Waals surface area contributed by atoms with Gasteiger partial charge in [0.15, 0.2) is 0 Å². The lowest BCUT2D eigenvalue weighted by Crippen LogP contribution is -1.98. The van der Waals surface area contributed by atoms with Gasteiger partial charge in [0.05, 0.1) is 5.69 Å². The number of phenolic OH excluding ortho intramolecular Hbond substituents is 1. The van der Waals surface area contributed by atoms with Crippen LogP contribution < -0.4 is 0 Å². The molecule has 1 aliphatic carbocycles. The highest BCUT2D eigenvalue weighted by Gasteiger charge is 2.26. The van der Waals surface area contributed by atoms with Crippen molar-refractivity contribution < 1.29 is 9.90 Å². The van der Waals surface area contributed by atoms with Crippen LogP contribution in [0.5, 0.6) is 5.75 Å². The van der Waals surface area contributed by atoms with Crippen molar-refractivity contribution in [3.05, 3.63) is 48.2 Å². The van der Waals surface area contributed by atoms with Gasteiger partial charge in [-0.3, -0.25) is 9.78 Å². The third-order valence-electron chi connectivity index (χ3n) is 3.66. The van der Waals surface area contributed by atoms with Crippen LogP contribution in [0.3, 0.4) is 0 Å². The monoisotopic (exact) mass is 253 g/mol. The van der Waals surface area contributed by atoms with E-state index in [0.29, 0.717) is 18.6 Å². The number of hydrogen-bond donors (Lipinski definition) is 1. The van der Waals surface area contributed by atoms with Crippen LogP contribution in [0.4, 0.5) is 0 Å². The van der Waals surface area contributed by atoms with Gasteiger partial charge < -0.3 is 5.11 Å². The summed E-state index contributed by atoms with van der Waals surface area (Å²) in [5, 5.41) is 9.71. The van der Waals surface area contributed by atoms with E-state index < -0.39 is 0 Å². The molecule has 0 spiro atoms. The predicted molar refractivity (Wildman–Crippen MR) is 72.9 cm³/mol. The Morgan fingerprint density at radius 1 is 1.21 bits per heavy atom. The molecule has 1 aromatic heterocycles. The summed E-state index contributed by atoms with van der Waals surface area (Å²) in [6, 6.07) is 11.1. The molecule has 0 bridgehead atoms. The fraction of sp³-hybridized carbons (Fsp3) is 0.250. The summed E-state index contributed by atoms with van der Waals surface area (Å²) in [5.41, 5.74) is 2.93. The van der Waals surface area contributed by atoms with Gasteiger partial charge in [-0.15, -0.1) is 0 Å². The summed E-state index contributed by atoms with van der Waals surface area (Å²) in [7, 11) is 0. The van der Waals surface area contributed by atoms with Crippen molar-refractivity contribution in [1.29, 1.82) is 0 Å². The second kappa shape index (κ2) is 4.84. The van der Waals surface area contributed by atoms with Crippen molar-refractivity contribution in [2.45, 2.75) is 25.2 Å². The van der Waals surface area contributed by atoms with E-state index >= 15 is 0 Å². The summed E-state index contributed by atoms with van der Waals surface area (Å²) >= 11 is 0. The summed E-state index contributed by atoms with van der Waals surface area (Å²) in [4.78, 5) is 15.8. The lowest BCUT2D eigenvalue weighted by Gasteiger charge is -2.14. The van der Waals surface area contributed by atoms with Gasteiger partial charge in [0.2, 0.25) is 0 Å². The molecule has 19 heavy (non-hydrogen) atoms. The maximum atomic E-state index is 11.5. The molecule has 0 aliphatic heterocycles. The minimum atomic E-state index is 0.205. The van der Waals surface area contributed by atoms with Crippen LogP contribution in [0.1, 0.15) is 30.7 Å². The summed E-state index contributed by atoms with van der Waals surface area (Å²) in [5.74, 6) is 0.756. The first-order chi connectivity index (χ1) is 9.24. The molecule has 3 rings (SSSR count). The molecule has 1 fully saturated rings. The second-order valence-corrected chi connectivity index (χ2v) is 4.96. The first-order valence-corrected chi connectivity index (χ1v) is 6.50. The van der Waals surface area contributed by atoms with E-state index in [0.717, 1.165) is 23.2 Å². The van der Waals surface area contributed by atoms with Gasteiger partial charge in [0.1, 0.15) is 11.5 Å². The average Bonchev–Trinajstić information content (AvgIpc) is 2.86. The highest BCUT2D eigenvalue weighted by molar-refractivity contribution is 5.82. The highest BCUT2D eigenvalue weighted by atomic mass is 16.3. The molecule has 1 aromatic carbocycles. The molecule has 1 atom stereocenters. The molecule has 1 aliphatic rings. The van der Waals surface area contributed by atoms with Crippen LogP contribution in [0, 0.1) is 0 Å². The van der Waals surface area contributed by atoms with Crippen molar-refractivity contribution >= 4 is 5.78 Å². The van der Waals surface area contributed by atoms with Gasteiger partial charge in [-0.25, -0.2) is 0 Å². The zero-order valence-electron chi connectivity index (χ0n) is 10.5. The predicted octanol–water partition coefficient (Wildman–Crippen LogP) is 3.29. The molecule has 96 valence electrons. The van der Waals surface area contributed by atoms with Gasteiger partial charge in [0, 0.05) is 24.6 Å². The second-order valence-electron chi connectivity index (χ2n) is 4.96. The van der Waals surface area contributed by atoms with Crippen molar-refractivity contribution in [2.75, 3.05) is 0 Å². The number of hydrogen-bond acceptors (Lipinski definition) is 3. The molecule has 0 amide bonds. The molecule has 3 heteroatoms. The lowest BCUT2D eigenvalue weighted by molar-refractivity contribution is -0.117. The minimum Gasteiger partial charge on any atom is -0.508 e. The number of ketones is 1. The maximum Gasteiger partial charge on any atom is 0.133 e. The Bertz CT molecular complexity index is 607. The SMILES string of the molecule is O=C1CCC(c2cc(O)ccc2-c2ccccn2)C1. The first kappa shape index (κ1) is 11.9. The van der Waals surface area contributed by atoms with Crippen LogP contribution >= 0.6 is 0 Å². The van der Waals surface area contributed by atoms with Crippen molar-refractivity contribution in [1.82, 2.24) is 4.98 Å². The van der Waals surface area contributed by atoms with Gasteiger partial charge in [-0.2, -0.15) is 0 Å². The standard InChI is InChI=1S/C16H15NO2/c18-12-5-4-11(9-12)15-10-13(19)6-7-14(15)16-3-1-2-8-17-16/h1-3,6-8,10-11,19H,4-5,9H2. The van der Waals surface area contributed by atoms with E-state index in [1.807, 2.05) is 24.3 Å². The lowest BCUT2D eigenvalue weighted by atomic mass is 9.91. The fourth-order valence-electron chi connectivity index (χ4n) is 2.72. The Hall–Kier alpha value is -2.16. The van der Waals surface area contributed by atoms with E-state index in [9.17, 15) is 9.90 Å². The third-order valence-corrected chi connectivity index (χ3v) is 3.66. The smallest absolute Gasteiger partial charge is 0.133 e. The number of phenols is 1. The fourth-order valence-corrected chi connectivity index (χ4v) is 2.72. The maximum absolute atomic E-state index is 11.5. The zero-order chi connectivity index (χ0) is 13.2. The number of rotatable bonds is 2. The Balaban J connectivity index is 2.07. The highest BCUT2D eigenvalue weighted by Crippen LogP contribution is 2.38. The Morgan fingerprint density at radius 3 is 2.79 bits per heavy atom. The van der Waals surface area contributed by atoms with E-state index in [4.69, 9.17) is 0 Å². The quantitative estimate of drug-likeness (QED) is 0.893. The number of nitrogens with zero attached hydrogens (tertiary/aromatic N) is 1. The van der Waals surface area contributed by atoms with Crippen molar-refractivity contribution in [3.8, 4) is 17.0 Å². The van der Waals surface area contributed by atoms with Crippen molar-refractivity contribution in [2.24, 2.45) is 0 Å². The Kier molecular flexibility index (Phi) is 3.03. The number of aromatic hydroxyl groups is 1. The molecule has 1 N–H and O–H groups in total. The van der Waals surface area contributed by atoms with Crippen LogP contribution in [-0.2, 0) is 4.79 Å². The number of Topliss-reactive ketones (excluding diaryl/α,β-unsaturated/α-hetero) is 1.